The van der Waals surface area contributed by atoms with Crippen LogP contribution in [0.4, 0.5) is 0 Å². The Morgan fingerprint density at radius 3 is 1.07 bits per heavy atom. The molecule has 0 aliphatic heterocycles. The lowest BCUT2D eigenvalue weighted by molar-refractivity contribution is 1.07. The van der Waals surface area contributed by atoms with E-state index in [0.29, 0.717) is 17.5 Å². The smallest absolute Gasteiger partial charge is 0.164 e. The molecule has 0 amide bonds. The molecule has 0 fully saturated rings. The molecule has 3 nitrogen and oxygen atoms in total. The van der Waals surface area contributed by atoms with Gasteiger partial charge in [-0.15, -0.1) is 0 Å². The molecule has 0 aliphatic rings. The molecule has 254 valence electrons. The van der Waals surface area contributed by atoms with Gasteiger partial charge < -0.3 is 0 Å². The molecule has 1 aromatic heterocycles. The number of hydrogen-bond acceptors (Lipinski definition) is 3. The normalized spacial score (nSPS) is 11.0. The van der Waals surface area contributed by atoms with E-state index < -0.39 is 0 Å². The number of nitrogens with zero attached hydrogens (tertiary/aromatic N) is 3. The summed E-state index contributed by atoms with van der Waals surface area (Å²) in [6.45, 7) is 0. The second-order valence-electron chi connectivity index (χ2n) is 13.2. The number of benzene rings is 8. The highest BCUT2D eigenvalue weighted by molar-refractivity contribution is 5.87. The van der Waals surface area contributed by atoms with Crippen molar-refractivity contribution in [2.24, 2.45) is 0 Å². The molecular weight excluding hydrogens is 655 g/mol. The van der Waals surface area contributed by atoms with Crippen LogP contribution in [0.5, 0.6) is 0 Å². The van der Waals surface area contributed by atoms with Crippen molar-refractivity contribution in [2.45, 2.75) is 0 Å². The summed E-state index contributed by atoms with van der Waals surface area (Å²) in [5.74, 6) is 1.85. The quantitative estimate of drug-likeness (QED) is 0.159. The van der Waals surface area contributed by atoms with Crippen LogP contribution >= 0.6 is 0 Å². The molecule has 3 heteroatoms. The van der Waals surface area contributed by atoms with Gasteiger partial charge in [0, 0.05) is 16.7 Å². The van der Waals surface area contributed by atoms with E-state index in [9.17, 15) is 0 Å². The van der Waals surface area contributed by atoms with Crippen LogP contribution in [0.3, 0.4) is 0 Å². The Balaban J connectivity index is 1.25. The Morgan fingerprint density at radius 2 is 0.537 bits per heavy atom. The van der Waals surface area contributed by atoms with Crippen LogP contribution in [0.2, 0.25) is 0 Å². The highest BCUT2D eigenvalue weighted by atomic mass is 15.0. The van der Waals surface area contributed by atoms with Crippen molar-refractivity contribution < 1.29 is 0 Å². The van der Waals surface area contributed by atoms with E-state index in [1.807, 2.05) is 18.2 Å². The molecule has 54 heavy (non-hydrogen) atoms. The van der Waals surface area contributed by atoms with Crippen LogP contribution in [0.1, 0.15) is 0 Å². The Bertz CT molecular complexity index is 2690. The minimum absolute atomic E-state index is 0.614. The maximum atomic E-state index is 5.29. The summed E-state index contributed by atoms with van der Waals surface area (Å²) in [5.41, 5.74) is 14.0. The van der Waals surface area contributed by atoms with Gasteiger partial charge >= 0.3 is 0 Å². The summed E-state index contributed by atoms with van der Waals surface area (Å²) >= 11 is 0. The van der Waals surface area contributed by atoms with Gasteiger partial charge in [-0.25, -0.2) is 15.0 Å². The van der Waals surface area contributed by atoms with Crippen LogP contribution < -0.4 is 0 Å². The maximum absolute atomic E-state index is 5.29. The largest absolute Gasteiger partial charge is 0.208 e. The summed E-state index contributed by atoms with van der Waals surface area (Å²) in [6.07, 6.45) is 0. The van der Waals surface area contributed by atoms with E-state index in [4.69, 9.17) is 15.0 Å². The van der Waals surface area contributed by atoms with Crippen LogP contribution in [0.25, 0.3) is 89.8 Å². The van der Waals surface area contributed by atoms with Gasteiger partial charge in [-0.1, -0.05) is 194 Å². The van der Waals surface area contributed by atoms with Gasteiger partial charge in [-0.2, -0.15) is 0 Å². The van der Waals surface area contributed by atoms with E-state index in [2.05, 4.69) is 194 Å². The molecule has 0 atom stereocenters. The van der Waals surface area contributed by atoms with Gasteiger partial charge in [0.05, 0.1) is 0 Å². The number of rotatable bonds is 8. The van der Waals surface area contributed by atoms with E-state index >= 15 is 0 Å². The molecule has 9 aromatic rings. The lowest BCUT2D eigenvalue weighted by Gasteiger charge is -2.15. The average molecular weight is 690 g/mol. The summed E-state index contributed by atoms with van der Waals surface area (Å²) in [4.78, 5) is 15.8. The van der Waals surface area contributed by atoms with Gasteiger partial charge in [-0.3, -0.25) is 0 Å². The predicted molar refractivity (Wildman–Crippen MR) is 223 cm³/mol. The van der Waals surface area contributed by atoms with E-state index in [1.165, 1.54) is 11.1 Å². The number of hydrogen-bond donors (Lipinski definition) is 0. The number of aromatic nitrogens is 3. The van der Waals surface area contributed by atoms with Crippen molar-refractivity contribution in [2.75, 3.05) is 0 Å². The Kier molecular flexibility index (Phi) is 8.94. The summed E-state index contributed by atoms with van der Waals surface area (Å²) in [6, 6.07) is 74.0. The lowest BCUT2D eigenvalue weighted by atomic mass is 9.93. The first kappa shape index (κ1) is 32.7. The SMILES string of the molecule is c1ccc(-c2cccc(-c3nc(-c4cccc(-c5ccccc5-c5ccccc5)c4)nc(-c4cc(-c5ccccc5)ccc4-c4ccccc4)n3)c2)cc1. The second kappa shape index (κ2) is 14.8. The van der Waals surface area contributed by atoms with Crippen LogP contribution in [-0.4, -0.2) is 15.0 Å². The van der Waals surface area contributed by atoms with E-state index in [0.717, 1.165) is 61.2 Å². The molecule has 0 aliphatic carbocycles. The first-order valence-corrected chi connectivity index (χ1v) is 18.2. The summed E-state index contributed by atoms with van der Waals surface area (Å²) < 4.78 is 0. The van der Waals surface area contributed by atoms with Crippen molar-refractivity contribution in [1.82, 2.24) is 15.0 Å². The van der Waals surface area contributed by atoms with Crippen LogP contribution in [-0.2, 0) is 0 Å². The molecule has 8 aromatic carbocycles. The molecule has 9 rings (SSSR count). The predicted octanol–water partition coefficient (Wildman–Crippen LogP) is 13.2. The van der Waals surface area contributed by atoms with Crippen LogP contribution in [0, 0.1) is 0 Å². The highest BCUT2D eigenvalue weighted by Crippen LogP contribution is 2.38. The van der Waals surface area contributed by atoms with Crippen molar-refractivity contribution in [1.29, 1.82) is 0 Å². The zero-order chi connectivity index (χ0) is 36.1. The standard InChI is InChI=1S/C51H35N3/c1-5-17-36(18-6-1)40-25-15-27-43(33-40)49-52-50(44-28-16-26-42(34-44)46-30-14-13-29-45(46)38-21-9-3-10-22-38)54-51(53-49)48-35-41(37-19-7-2-8-20-37)31-32-47(48)39-23-11-4-12-24-39/h1-35H. The highest BCUT2D eigenvalue weighted by Gasteiger charge is 2.18. The third kappa shape index (κ3) is 6.74. The molecule has 0 radical (unpaired) electrons. The van der Waals surface area contributed by atoms with E-state index in [1.54, 1.807) is 0 Å². The Labute approximate surface area is 316 Å². The fraction of sp³-hybridized carbons (Fsp3) is 0. The van der Waals surface area contributed by atoms with Crippen molar-refractivity contribution >= 4 is 0 Å². The lowest BCUT2D eigenvalue weighted by Crippen LogP contribution is -2.02. The van der Waals surface area contributed by atoms with Gasteiger partial charge in [0.2, 0.25) is 0 Å². The molecule has 0 unspecified atom stereocenters. The molecule has 1 heterocycles. The molecule has 0 saturated heterocycles. The summed E-state index contributed by atoms with van der Waals surface area (Å²) in [7, 11) is 0. The van der Waals surface area contributed by atoms with Gasteiger partial charge in [0.15, 0.2) is 17.5 Å². The average Bonchev–Trinajstić information content (AvgIpc) is 3.27. The van der Waals surface area contributed by atoms with Crippen molar-refractivity contribution in [3.05, 3.63) is 212 Å². The van der Waals surface area contributed by atoms with Crippen molar-refractivity contribution in [3.63, 3.8) is 0 Å². The molecule has 0 N–H and O–H groups in total. The fourth-order valence-electron chi connectivity index (χ4n) is 7.06. The summed E-state index contributed by atoms with van der Waals surface area (Å²) in [5, 5.41) is 0. The monoisotopic (exact) mass is 689 g/mol. The van der Waals surface area contributed by atoms with Gasteiger partial charge in [0.25, 0.3) is 0 Å². The molecule has 0 spiro atoms. The van der Waals surface area contributed by atoms with Gasteiger partial charge in [0.1, 0.15) is 0 Å². The maximum Gasteiger partial charge on any atom is 0.164 e. The minimum atomic E-state index is 0.614. The van der Waals surface area contributed by atoms with Gasteiger partial charge in [-0.05, 0) is 73.8 Å². The van der Waals surface area contributed by atoms with Crippen LogP contribution in [0.15, 0.2) is 212 Å². The molecule has 0 bridgehead atoms. The first-order chi connectivity index (χ1) is 26.8. The second-order valence-corrected chi connectivity index (χ2v) is 13.2. The first-order valence-electron chi connectivity index (χ1n) is 18.2. The Morgan fingerprint density at radius 1 is 0.185 bits per heavy atom. The molecule has 0 saturated carbocycles. The van der Waals surface area contributed by atoms with E-state index in [-0.39, 0.29) is 0 Å². The van der Waals surface area contributed by atoms with Crippen molar-refractivity contribution in [3.8, 4) is 89.8 Å². The zero-order valence-electron chi connectivity index (χ0n) is 29.5. The molecular formula is C51H35N3. The fourth-order valence-corrected chi connectivity index (χ4v) is 7.06. The zero-order valence-corrected chi connectivity index (χ0v) is 29.5. The topological polar surface area (TPSA) is 38.7 Å². The third-order valence-corrected chi connectivity index (χ3v) is 9.76. The Hall–Kier alpha value is -7.23. The third-order valence-electron chi connectivity index (χ3n) is 9.76. The minimum Gasteiger partial charge on any atom is -0.208 e.